The largest absolute Gasteiger partial charge is 0.328 e. The number of fused-ring (bicyclic) bond motifs is 1. The van der Waals surface area contributed by atoms with E-state index in [1.807, 2.05) is 19.9 Å². The molecule has 0 aliphatic rings. The lowest BCUT2D eigenvalue weighted by Gasteiger charge is -2.14. The number of hydrogen-bond acceptors (Lipinski definition) is 3. The normalized spacial score (nSPS) is 10.8. The number of carbonyl (C=O) groups excluding carboxylic acids is 3. The van der Waals surface area contributed by atoms with Crippen LogP contribution in [0.2, 0.25) is 15.1 Å². The highest BCUT2D eigenvalue weighted by Gasteiger charge is 2.22. The molecule has 7 nitrogen and oxygen atoms in total. The van der Waals surface area contributed by atoms with Crippen LogP contribution in [0.5, 0.6) is 0 Å². The summed E-state index contributed by atoms with van der Waals surface area (Å²) < 4.78 is 1.24. The van der Waals surface area contributed by atoms with Crippen molar-refractivity contribution < 1.29 is 14.4 Å². The monoisotopic (exact) mass is 528 g/mol. The summed E-state index contributed by atoms with van der Waals surface area (Å²) in [5.41, 5.74) is 5.79. The maximum Gasteiger partial charge on any atom is 0.328 e. The van der Waals surface area contributed by atoms with E-state index in [9.17, 15) is 14.4 Å². The first-order valence-corrected chi connectivity index (χ1v) is 11.5. The van der Waals surface area contributed by atoms with Gasteiger partial charge in [-0.1, -0.05) is 46.9 Å². The standard InChI is InChI=1S/C25H19Cl3N4O3/c1-13-4-3-5-20(14(13)2)30-24(34)25(35)31-32-21-9-6-16(26)10-15(21)11-22(32)23(33)29-17-7-8-18(27)19(28)12-17/h3-12H,1-2H3,(H,29,33)(H,30,34)(H,31,35). The third-order valence-electron chi connectivity index (χ3n) is 5.45. The van der Waals surface area contributed by atoms with Gasteiger partial charge in [0.1, 0.15) is 5.69 Å². The summed E-state index contributed by atoms with van der Waals surface area (Å²) in [5, 5.41) is 6.97. The summed E-state index contributed by atoms with van der Waals surface area (Å²) in [6.07, 6.45) is 0. The van der Waals surface area contributed by atoms with Crippen molar-refractivity contribution in [3.8, 4) is 0 Å². The van der Waals surface area contributed by atoms with Crippen molar-refractivity contribution in [1.82, 2.24) is 4.68 Å². The Morgan fingerprint density at radius 1 is 0.800 bits per heavy atom. The molecule has 10 heteroatoms. The number of rotatable bonds is 4. The van der Waals surface area contributed by atoms with Gasteiger partial charge in [0.15, 0.2) is 0 Å². The molecule has 1 aromatic heterocycles. The van der Waals surface area contributed by atoms with E-state index in [4.69, 9.17) is 34.8 Å². The average Bonchev–Trinajstić information content (AvgIpc) is 3.16. The van der Waals surface area contributed by atoms with Gasteiger partial charge in [0, 0.05) is 21.8 Å². The highest BCUT2D eigenvalue weighted by Crippen LogP contribution is 2.27. The lowest BCUT2D eigenvalue weighted by Crippen LogP contribution is -2.36. The molecule has 0 atom stereocenters. The first kappa shape index (κ1) is 24.6. The molecule has 3 aromatic carbocycles. The van der Waals surface area contributed by atoms with Crippen LogP contribution in [0.1, 0.15) is 21.6 Å². The van der Waals surface area contributed by atoms with Gasteiger partial charge in [-0.05, 0) is 73.5 Å². The van der Waals surface area contributed by atoms with Crippen LogP contribution < -0.4 is 16.1 Å². The second-order valence-corrected chi connectivity index (χ2v) is 9.04. The molecule has 0 saturated carbocycles. The molecule has 0 unspecified atom stereocenters. The van der Waals surface area contributed by atoms with E-state index >= 15 is 0 Å². The molecule has 4 rings (SSSR count). The first-order chi connectivity index (χ1) is 16.6. The number of carbonyl (C=O) groups is 3. The lowest BCUT2D eigenvalue weighted by atomic mass is 10.1. The van der Waals surface area contributed by atoms with Crippen molar-refractivity contribution in [2.75, 3.05) is 16.1 Å². The number of aryl methyl sites for hydroxylation is 1. The Labute approximate surface area is 215 Å². The fourth-order valence-electron chi connectivity index (χ4n) is 3.46. The number of benzene rings is 3. The van der Waals surface area contributed by atoms with Crippen molar-refractivity contribution >= 4 is 74.8 Å². The quantitative estimate of drug-likeness (QED) is 0.276. The maximum atomic E-state index is 13.1. The van der Waals surface area contributed by atoms with E-state index in [0.29, 0.717) is 32.3 Å². The summed E-state index contributed by atoms with van der Waals surface area (Å²) in [7, 11) is 0. The number of anilines is 2. The first-order valence-electron chi connectivity index (χ1n) is 10.4. The van der Waals surface area contributed by atoms with Gasteiger partial charge in [0.25, 0.3) is 5.91 Å². The van der Waals surface area contributed by atoms with Crippen molar-refractivity contribution in [3.05, 3.63) is 92.6 Å². The van der Waals surface area contributed by atoms with E-state index < -0.39 is 17.7 Å². The second-order valence-electron chi connectivity index (χ2n) is 7.79. The predicted octanol–water partition coefficient (Wildman–Crippen LogP) is 6.18. The molecular weight excluding hydrogens is 511 g/mol. The number of hydrogen-bond donors (Lipinski definition) is 3. The molecule has 35 heavy (non-hydrogen) atoms. The molecule has 4 aromatic rings. The Kier molecular flexibility index (Phi) is 7.03. The van der Waals surface area contributed by atoms with Gasteiger partial charge in [0.2, 0.25) is 0 Å². The van der Waals surface area contributed by atoms with E-state index in [2.05, 4.69) is 16.1 Å². The van der Waals surface area contributed by atoms with Gasteiger partial charge in [0.05, 0.1) is 15.6 Å². The van der Waals surface area contributed by atoms with Crippen LogP contribution >= 0.6 is 34.8 Å². The molecule has 3 amide bonds. The van der Waals surface area contributed by atoms with Crippen molar-refractivity contribution in [2.24, 2.45) is 0 Å². The minimum atomic E-state index is -0.957. The Morgan fingerprint density at radius 2 is 1.57 bits per heavy atom. The fraction of sp³-hybridized carbons (Fsp3) is 0.0800. The molecule has 0 saturated heterocycles. The third kappa shape index (κ3) is 5.27. The van der Waals surface area contributed by atoms with Crippen LogP contribution in [0, 0.1) is 13.8 Å². The SMILES string of the molecule is Cc1cccc(NC(=O)C(=O)Nn2c(C(=O)Nc3ccc(Cl)c(Cl)c3)cc3cc(Cl)ccc32)c1C. The number of nitrogens with zero attached hydrogens (tertiary/aromatic N) is 1. The summed E-state index contributed by atoms with van der Waals surface area (Å²) in [6.45, 7) is 3.75. The third-order valence-corrected chi connectivity index (χ3v) is 6.42. The molecule has 0 fully saturated rings. The van der Waals surface area contributed by atoms with Crippen molar-refractivity contribution in [2.45, 2.75) is 13.8 Å². The molecule has 3 N–H and O–H groups in total. The molecule has 0 aliphatic heterocycles. The van der Waals surface area contributed by atoms with Crippen LogP contribution in [0.15, 0.2) is 60.7 Å². The van der Waals surface area contributed by atoms with Gasteiger partial charge < -0.3 is 10.6 Å². The second kappa shape index (κ2) is 10.00. The minimum Gasteiger partial charge on any atom is -0.321 e. The van der Waals surface area contributed by atoms with Crippen LogP contribution in [0.25, 0.3) is 10.9 Å². The topological polar surface area (TPSA) is 92.2 Å². The molecule has 1 heterocycles. The summed E-state index contributed by atoms with van der Waals surface area (Å²) in [6, 6.07) is 16.5. The number of halogens is 3. The average molecular weight is 530 g/mol. The van der Waals surface area contributed by atoms with Gasteiger partial charge in [-0.15, -0.1) is 0 Å². The Morgan fingerprint density at radius 3 is 2.31 bits per heavy atom. The van der Waals surface area contributed by atoms with Crippen LogP contribution in [0.4, 0.5) is 11.4 Å². The molecule has 0 spiro atoms. The highest BCUT2D eigenvalue weighted by molar-refractivity contribution is 6.43. The molecular formula is C25H19Cl3N4O3. The van der Waals surface area contributed by atoms with E-state index in [0.717, 1.165) is 11.1 Å². The summed E-state index contributed by atoms with van der Waals surface area (Å²) in [5.74, 6) is -2.39. The van der Waals surface area contributed by atoms with Crippen molar-refractivity contribution in [3.63, 3.8) is 0 Å². The molecule has 0 aliphatic carbocycles. The van der Waals surface area contributed by atoms with Gasteiger partial charge >= 0.3 is 11.8 Å². The predicted molar refractivity (Wildman–Crippen MR) is 140 cm³/mol. The number of nitrogens with one attached hydrogen (secondary N) is 3. The highest BCUT2D eigenvalue weighted by atomic mass is 35.5. The summed E-state index contributed by atoms with van der Waals surface area (Å²) in [4.78, 5) is 38.6. The van der Waals surface area contributed by atoms with E-state index in [-0.39, 0.29) is 10.7 Å². The van der Waals surface area contributed by atoms with Gasteiger partial charge in [-0.2, -0.15) is 0 Å². The van der Waals surface area contributed by atoms with Gasteiger partial charge in [-0.25, -0.2) is 4.68 Å². The van der Waals surface area contributed by atoms with Gasteiger partial charge in [-0.3, -0.25) is 19.8 Å². The van der Waals surface area contributed by atoms with Crippen LogP contribution in [-0.2, 0) is 9.59 Å². The van der Waals surface area contributed by atoms with Crippen molar-refractivity contribution in [1.29, 1.82) is 0 Å². The summed E-state index contributed by atoms with van der Waals surface area (Å²) >= 11 is 18.1. The van der Waals surface area contributed by atoms with E-state index in [1.165, 1.54) is 10.7 Å². The fourth-order valence-corrected chi connectivity index (χ4v) is 3.94. The smallest absolute Gasteiger partial charge is 0.321 e. The zero-order valence-corrected chi connectivity index (χ0v) is 20.8. The number of aromatic nitrogens is 1. The van der Waals surface area contributed by atoms with E-state index in [1.54, 1.807) is 48.5 Å². The molecule has 0 radical (unpaired) electrons. The Hall–Kier alpha value is -3.52. The minimum absolute atomic E-state index is 0.0706. The molecule has 178 valence electrons. The maximum absolute atomic E-state index is 13.1. The van der Waals surface area contributed by atoms with Crippen LogP contribution in [0.3, 0.4) is 0 Å². The Balaban J connectivity index is 1.64. The zero-order valence-electron chi connectivity index (χ0n) is 18.6. The van der Waals surface area contributed by atoms with Crippen LogP contribution in [-0.4, -0.2) is 22.4 Å². The molecule has 0 bridgehead atoms. The zero-order chi connectivity index (χ0) is 25.3. The Bertz CT molecular complexity index is 1500. The number of amides is 3. The lowest BCUT2D eigenvalue weighted by molar-refractivity contribution is -0.133.